The third-order valence-electron chi connectivity index (χ3n) is 2.69. The van der Waals surface area contributed by atoms with Crippen LogP contribution >= 0.6 is 0 Å². The molecule has 0 saturated carbocycles. The summed E-state index contributed by atoms with van der Waals surface area (Å²) in [6.45, 7) is 6.17. The maximum atomic E-state index is 9.17. The number of benzene rings is 1. The normalized spacial score (nSPS) is 10.0. The van der Waals surface area contributed by atoms with Gasteiger partial charge in [0.25, 0.3) is 0 Å². The van der Waals surface area contributed by atoms with Crippen LogP contribution in [0.4, 0.5) is 5.69 Å². The van der Waals surface area contributed by atoms with Gasteiger partial charge in [-0.3, -0.25) is 0 Å². The van der Waals surface area contributed by atoms with Crippen molar-refractivity contribution in [3.8, 4) is 6.07 Å². The molecule has 0 aliphatic heterocycles. The zero-order chi connectivity index (χ0) is 12.7. The van der Waals surface area contributed by atoms with Crippen LogP contribution in [0.5, 0.6) is 0 Å². The average Bonchev–Trinajstić information content (AvgIpc) is 2.37. The van der Waals surface area contributed by atoms with E-state index in [4.69, 9.17) is 10.4 Å². The minimum absolute atomic E-state index is 0.0173. The van der Waals surface area contributed by atoms with Gasteiger partial charge in [0.05, 0.1) is 17.9 Å². The van der Waals surface area contributed by atoms with Crippen molar-refractivity contribution in [2.24, 2.45) is 0 Å². The summed E-state index contributed by atoms with van der Waals surface area (Å²) in [6, 6.07) is 7.81. The molecule has 1 aromatic rings. The Morgan fingerprint density at radius 3 is 2.35 bits per heavy atom. The van der Waals surface area contributed by atoms with Crippen molar-refractivity contribution in [3.05, 3.63) is 29.3 Å². The fourth-order valence-corrected chi connectivity index (χ4v) is 1.94. The summed E-state index contributed by atoms with van der Waals surface area (Å²) in [6.07, 6.45) is 2.12. The van der Waals surface area contributed by atoms with Crippen LogP contribution in [0.15, 0.2) is 18.2 Å². The Morgan fingerprint density at radius 1 is 1.24 bits per heavy atom. The Balaban J connectivity index is 3.05. The number of anilines is 1. The zero-order valence-corrected chi connectivity index (χ0v) is 10.6. The first-order valence-electron chi connectivity index (χ1n) is 6.15. The number of aliphatic hydroxyl groups excluding tert-OH is 1. The van der Waals surface area contributed by atoms with E-state index in [0.717, 1.165) is 37.2 Å². The summed E-state index contributed by atoms with van der Waals surface area (Å²) in [5.74, 6) is 0. The molecule has 0 unspecified atom stereocenters. The Hall–Kier alpha value is -1.53. The standard InChI is InChI=1S/C14H20N2O/c1-3-7-16(8-4-2)14-6-5-12(11-17)9-13(14)10-15/h5-6,9,17H,3-4,7-8,11H2,1-2H3. The van der Waals surface area contributed by atoms with Crippen LogP contribution in [-0.2, 0) is 6.61 Å². The second-order valence-corrected chi connectivity index (χ2v) is 4.11. The van der Waals surface area contributed by atoms with Crippen molar-refractivity contribution in [2.45, 2.75) is 33.3 Å². The van der Waals surface area contributed by atoms with Gasteiger partial charge in [-0.15, -0.1) is 0 Å². The summed E-state index contributed by atoms with van der Waals surface area (Å²) in [7, 11) is 0. The molecule has 0 atom stereocenters. The molecular weight excluding hydrogens is 212 g/mol. The van der Waals surface area contributed by atoms with E-state index < -0.39 is 0 Å². The van der Waals surface area contributed by atoms with Crippen LogP contribution in [0.3, 0.4) is 0 Å². The number of aliphatic hydroxyl groups is 1. The van der Waals surface area contributed by atoms with Gasteiger partial charge in [0.2, 0.25) is 0 Å². The molecule has 0 saturated heterocycles. The molecule has 0 spiro atoms. The van der Waals surface area contributed by atoms with Gasteiger partial charge in [-0.2, -0.15) is 5.26 Å². The van der Waals surface area contributed by atoms with E-state index in [1.54, 1.807) is 6.07 Å². The highest BCUT2D eigenvalue weighted by molar-refractivity contribution is 5.60. The summed E-state index contributed by atoms with van der Waals surface area (Å²) >= 11 is 0. The van der Waals surface area contributed by atoms with E-state index >= 15 is 0 Å². The van der Waals surface area contributed by atoms with Crippen LogP contribution in [0.25, 0.3) is 0 Å². The van der Waals surface area contributed by atoms with Crippen LogP contribution in [0.2, 0.25) is 0 Å². The van der Waals surface area contributed by atoms with E-state index in [0.29, 0.717) is 5.56 Å². The Labute approximate surface area is 103 Å². The third-order valence-corrected chi connectivity index (χ3v) is 2.69. The highest BCUT2D eigenvalue weighted by atomic mass is 16.3. The van der Waals surface area contributed by atoms with E-state index in [9.17, 15) is 0 Å². The highest BCUT2D eigenvalue weighted by Crippen LogP contribution is 2.22. The van der Waals surface area contributed by atoms with Gasteiger partial charge in [-0.25, -0.2) is 0 Å². The highest BCUT2D eigenvalue weighted by Gasteiger charge is 2.10. The van der Waals surface area contributed by atoms with Gasteiger partial charge < -0.3 is 10.0 Å². The van der Waals surface area contributed by atoms with Crippen LogP contribution < -0.4 is 4.90 Å². The third kappa shape index (κ3) is 3.47. The monoisotopic (exact) mass is 232 g/mol. The van der Waals surface area contributed by atoms with Crippen molar-refractivity contribution in [3.63, 3.8) is 0 Å². The molecule has 92 valence electrons. The van der Waals surface area contributed by atoms with Gasteiger partial charge >= 0.3 is 0 Å². The molecule has 3 nitrogen and oxygen atoms in total. The largest absolute Gasteiger partial charge is 0.392 e. The summed E-state index contributed by atoms with van der Waals surface area (Å²) in [5, 5.41) is 18.2. The van der Waals surface area contributed by atoms with Gasteiger partial charge in [-0.1, -0.05) is 19.9 Å². The van der Waals surface area contributed by atoms with Crippen molar-refractivity contribution >= 4 is 5.69 Å². The second-order valence-electron chi connectivity index (χ2n) is 4.11. The smallest absolute Gasteiger partial charge is 0.101 e. The number of nitriles is 1. The fraction of sp³-hybridized carbons (Fsp3) is 0.500. The molecule has 17 heavy (non-hydrogen) atoms. The fourth-order valence-electron chi connectivity index (χ4n) is 1.94. The maximum Gasteiger partial charge on any atom is 0.101 e. The first-order chi connectivity index (χ1) is 8.26. The van der Waals surface area contributed by atoms with Gasteiger partial charge in [-0.05, 0) is 30.5 Å². The van der Waals surface area contributed by atoms with Gasteiger partial charge in [0.1, 0.15) is 6.07 Å². The molecular formula is C14H20N2O. The molecule has 0 aliphatic carbocycles. The van der Waals surface area contributed by atoms with E-state index in [1.165, 1.54) is 0 Å². The van der Waals surface area contributed by atoms with Crippen molar-refractivity contribution < 1.29 is 5.11 Å². The second kappa shape index (κ2) is 6.93. The number of nitrogens with zero attached hydrogens (tertiary/aromatic N) is 2. The number of rotatable bonds is 6. The molecule has 0 bridgehead atoms. The Morgan fingerprint density at radius 2 is 1.88 bits per heavy atom. The van der Waals surface area contributed by atoms with Gasteiger partial charge in [0.15, 0.2) is 0 Å². The minimum Gasteiger partial charge on any atom is -0.392 e. The van der Waals surface area contributed by atoms with Crippen molar-refractivity contribution in [1.29, 1.82) is 5.26 Å². The van der Waals surface area contributed by atoms with Crippen LogP contribution in [0.1, 0.15) is 37.8 Å². The number of hydrogen-bond acceptors (Lipinski definition) is 3. The van der Waals surface area contributed by atoms with Gasteiger partial charge in [0, 0.05) is 13.1 Å². The maximum absolute atomic E-state index is 9.17. The molecule has 0 aromatic heterocycles. The quantitative estimate of drug-likeness (QED) is 0.820. The lowest BCUT2D eigenvalue weighted by atomic mass is 10.1. The molecule has 1 aromatic carbocycles. The van der Waals surface area contributed by atoms with E-state index in [2.05, 4.69) is 24.8 Å². The summed E-state index contributed by atoms with van der Waals surface area (Å²) < 4.78 is 0. The molecule has 0 heterocycles. The van der Waals surface area contributed by atoms with Crippen LogP contribution in [-0.4, -0.2) is 18.2 Å². The summed E-state index contributed by atoms with van der Waals surface area (Å²) in [5.41, 5.74) is 2.42. The topological polar surface area (TPSA) is 47.3 Å². The molecule has 0 radical (unpaired) electrons. The molecule has 0 aliphatic rings. The average molecular weight is 232 g/mol. The molecule has 1 rings (SSSR count). The van der Waals surface area contributed by atoms with E-state index in [1.807, 2.05) is 12.1 Å². The molecule has 1 N–H and O–H groups in total. The SMILES string of the molecule is CCCN(CCC)c1ccc(CO)cc1C#N. The lowest BCUT2D eigenvalue weighted by molar-refractivity contribution is 0.282. The lowest BCUT2D eigenvalue weighted by Crippen LogP contribution is -2.25. The van der Waals surface area contributed by atoms with Crippen LogP contribution in [0, 0.1) is 11.3 Å². The first kappa shape index (κ1) is 13.5. The first-order valence-corrected chi connectivity index (χ1v) is 6.15. The molecule has 0 fully saturated rings. The predicted octanol–water partition coefficient (Wildman–Crippen LogP) is 2.68. The zero-order valence-electron chi connectivity index (χ0n) is 10.6. The Kier molecular flexibility index (Phi) is 5.51. The van der Waals surface area contributed by atoms with Crippen molar-refractivity contribution in [1.82, 2.24) is 0 Å². The number of hydrogen-bond donors (Lipinski definition) is 1. The molecule has 3 heteroatoms. The molecule has 0 amide bonds. The summed E-state index contributed by atoms with van der Waals surface area (Å²) in [4.78, 5) is 2.24. The lowest BCUT2D eigenvalue weighted by Gasteiger charge is -2.25. The predicted molar refractivity (Wildman–Crippen MR) is 69.9 cm³/mol. The van der Waals surface area contributed by atoms with E-state index in [-0.39, 0.29) is 6.61 Å². The minimum atomic E-state index is -0.0173. The Bertz CT molecular complexity index is 390. The van der Waals surface area contributed by atoms with Crippen molar-refractivity contribution in [2.75, 3.05) is 18.0 Å².